The molecule has 1 fully saturated rings. The van der Waals surface area contributed by atoms with Gasteiger partial charge in [0.2, 0.25) is 0 Å². The van der Waals surface area contributed by atoms with Crippen molar-refractivity contribution in [3.63, 3.8) is 0 Å². The van der Waals surface area contributed by atoms with E-state index in [1.807, 2.05) is 13.8 Å². The second kappa shape index (κ2) is 9.64. The molecule has 1 heteroatoms. The molecule has 0 saturated heterocycles. The van der Waals surface area contributed by atoms with E-state index in [2.05, 4.69) is 6.92 Å². The maximum atomic E-state index is 2.26. The Morgan fingerprint density at radius 1 is 1.00 bits per heavy atom. The van der Waals surface area contributed by atoms with E-state index in [0.717, 1.165) is 0 Å². The molecule has 0 bridgehead atoms. The van der Waals surface area contributed by atoms with E-state index < -0.39 is 0 Å². The maximum Gasteiger partial charge on any atom is 1.00 e. The molecule has 0 amide bonds. The average Bonchev–Trinajstić information content (AvgIpc) is 2.24. The second-order valence-corrected chi connectivity index (χ2v) is 2.16. The number of hydrogen-bond donors (Lipinski definition) is 0. The van der Waals surface area contributed by atoms with Gasteiger partial charge in [0.25, 0.3) is 0 Å². The van der Waals surface area contributed by atoms with Gasteiger partial charge >= 0.3 is 51.4 Å². The molecule has 0 aromatic carbocycles. The first-order valence-electron chi connectivity index (χ1n) is 3.71. The molecule has 0 aromatic rings. The van der Waals surface area contributed by atoms with Crippen molar-refractivity contribution >= 4 is 0 Å². The van der Waals surface area contributed by atoms with Gasteiger partial charge in [-0.2, -0.15) is 19.8 Å². The summed E-state index contributed by atoms with van der Waals surface area (Å²) in [4.78, 5) is 0. The molecule has 0 N–H and O–H groups in total. The smallest absolute Gasteiger partial charge is 0.317 e. The first-order chi connectivity index (χ1) is 3.89. The fourth-order valence-corrected chi connectivity index (χ4v) is 0.979. The van der Waals surface area contributed by atoms with Gasteiger partial charge in [0, 0.05) is 0 Å². The van der Waals surface area contributed by atoms with Crippen LogP contribution in [0.25, 0.3) is 0 Å². The Bertz CT molecular complexity index is 37.8. The number of rotatable bonds is 0. The zero-order chi connectivity index (χ0) is 6.41. The van der Waals surface area contributed by atoms with Crippen LogP contribution in [0, 0.1) is 5.92 Å². The summed E-state index contributed by atoms with van der Waals surface area (Å²) in [5.74, 6) is 1.70. The zero-order valence-electron chi connectivity index (χ0n) is 7.33. The van der Waals surface area contributed by atoms with Crippen molar-refractivity contribution in [2.24, 2.45) is 0 Å². The molecule has 0 aromatic heterocycles. The van der Waals surface area contributed by atoms with Crippen LogP contribution >= 0.6 is 0 Å². The van der Waals surface area contributed by atoms with Crippen molar-refractivity contribution in [3.8, 4) is 0 Å². The molecule has 0 unspecified atom stereocenters. The fourth-order valence-electron chi connectivity index (χ4n) is 0.979. The summed E-state index contributed by atoms with van der Waals surface area (Å²) >= 11 is 0. The van der Waals surface area contributed by atoms with Crippen LogP contribution in [0.1, 0.15) is 46.5 Å². The Kier molecular flexibility index (Phi) is 14.2. The molecule has 0 heterocycles. The summed E-state index contributed by atoms with van der Waals surface area (Å²) in [6, 6.07) is 0. The van der Waals surface area contributed by atoms with Crippen molar-refractivity contribution in [3.05, 3.63) is 5.92 Å². The van der Waals surface area contributed by atoms with Crippen molar-refractivity contribution in [2.45, 2.75) is 46.5 Å². The second-order valence-electron chi connectivity index (χ2n) is 2.16. The van der Waals surface area contributed by atoms with Crippen LogP contribution in [0.2, 0.25) is 0 Å². The van der Waals surface area contributed by atoms with Crippen LogP contribution in [-0.4, -0.2) is 0 Å². The Morgan fingerprint density at radius 2 is 1.33 bits per heavy atom. The third-order valence-electron chi connectivity index (χ3n) is 1.46. The van der Waals surface area contributed by atoms with E-state index in [1.54, 1.807) is 5.92 Å². The first kappa shape index (κ1) is 13.2. The van der Waals surface area contributed by atoms with E-state index >= 15 is 0 Å². The standard InChI is InChI=1S/C6H11.C2H6.K/c1-6-4-2-3-5-6;1-2;/h2-5H2,1H3;1-2H3;/q-1;;+1. The van der Waals surface area contributed by atoms with Crippen molar-refractivity contribution in [2.75, 3.05) is 0 Å². The molecule has 1 rings (SSSR count). The summed E-state index contributed by atoms with van der Waals surface area (Å²) in [6.45, 7) is 6.26. The molecule has 1 saturated carbocycles. The van der Waals surface area contributed by atoms with Crippen molar-refractivity contribution in [1.82, 2.24) is 0 Å². The minimum atomic E-state index is 0. The predicted molar refractivity (Wildman–Crippen MR) is 38.7 cm³/mol. The molecule has 0 nitrogen and oxygen atoms in total. The first-order valence-corrected chi connectivity index (χ1v) is 3.71. The average molecular weight is 152 g/mol. The van der Waals surface area contributed by atoms with Gasteiger partial charge in [-0.15, -0.1) is 0 Å². The van der Waals surface area contributed by atoms with Crippen LogP contribution < -0.4 is 51.4 Å². The summed E-state index contributed by atoms with van der Waals surface area (Å²) in [5.41, 5.74) is 0. The van der Waals surface area contributed by atoms with Crippen molar-refractivity contribution < 1.29 is 51.4 Å². The minimum absolute atomic E-state index is 0. The normalized spacial score (nSPS) is 17.7. The zero-order valence-corrected chi connectivity index (χ0v) is 10.5. The summed E-state index contributed by atoms with van der Waals surface area (Å²) in [7, 11) is 0. The summed E-state index contributed by atoms with van der Waals surface area (Å²) < 4.78 is 0. The van der Waals surface area contributed by atoms with Crippen LogP contribution in [0.15, 0.2) is 0 Å². The Hall–Kier alpha value is 1.64. The summed E-state index contributed by atoms with van der Waals surface area (Å²) in [6.07, 6.45) is 5.71. The van der Waals surface area contributed by atoms with E-state index in [9.17, 15) is 0 Å². The van der Waals surface area contributed by atoms with Gasteiger partial charge in [0.05, 0.1) is 0 Å². The van der Waals surface area contributed by atoms with Crippen LogP contribution in [0.3, 0.4) is 0 Å². The van der Waals surface area contributed by atoms with Gasteiger partial charge in [-0.3, -0.25) is 0 Å². The maximum absolute atomic E-state index is 2.26. The van der Waals surface area contributed by atoms with Gasteiger partial charge in [-0.25, -0.2) is 0 Å². The molecule has 0 atom stereocenters. The van der Waals surface area contributed by atoms with Crippen molar-refractivity contribution in [1.29, 1.82) is 0 Å². The quantitative estimate of drug-likeness (QED) is 0.343. The Balaban J connectivity index is 0. The molecule has 9 heavy (non-hydrogen) atoms. The van der Waals surface area contributed by atoms with Gasteiger partial charge < -0.3 is 5.92 Å². The van der Waals surface area contributed by atoms with E-state index in [4.69, 9.17) is 0 Å². The van der Waals surface area contributed by atoms with E-state index in [1.165, 1.54) is 25.7 Å². The Morgan fingerprint density at radius 3 is 1.44 bits per heavy atom. The molecular formula is C8H17K. The monoisotopic (exact) mass is 152 g/mol. The molecule has 1 aliphatic rings. The molecule has 50 valence electrons. The number of hydrogen-bond acceptors (Lipinski definition) is 0. The predicted octanol–water partition coefficient (Wildman–Crippen LogP) is 0.185. The fraction of sp³-hybridized carbons (Fsp3) is 0.875. The van der Waals surface area contributed by atoms with Crippen LogP contribution in [-0.2, 0) is 0 Å². The third kappa shape index (κ3) is 7.53. The molecule has 1 aliphatic carbocycles. The third-order valence-corrected chi connectivity index (χ3v) is 1.46. The van der Waals surface area contributed by atoms with Gasteiger partial charge in [0.1, 0.15) is 0 Å². The Labute approximate surface area is 102 Å². The molecule has 0 radical (unpaired) electrons. The minimum Gasteiger partial charge on any atom is -0.317 e. The summed E-state index contributed by atoms with van der Waals surface area (Å²) in [5, 5.41) is 0. The van der Waals surface area contributed by atoms with Gasteiger partial charge in [-0.05, 0) is 0 Å². The molecule has 0 spiro atoms. The topological polar surface area (TPSA) is 0 Å². The molecular weight excluding hydrogens is 135 g/mol. The van der Waals surface area contributed by atoms with Crippen LogP contribution in [0.5, 0.6) is 0 Å². The van der Waals surface area contributed by atoms with Gasteiger partial charge in [0.15, 0.2) is 0 Å². The van der Waals surface area contributed by atoms with E-state index in [0.29, 0.717) is 0 Å². The van der Waals surface area contributed by atoms with E-state index in [-0.39, 0.29) is 51.4 Å². The van der Waals surface area contributed by atoms with Gasteiger partial charge in [-0.1, -0.05) is 26.7 Å². The SMILES string of the molecule is CC.C[C-]1CCCC1.[K+]. The van der Waals surface area contributed by atoms with Crippen LogP contribution in [0.4, 0.5) is 0 Å². The molecule has 0 aliphatic heterocycles. The largest absolute Gasteiger partial charge is 1.00 e.